The summed E-state index contributed by atoms with van der Waals surface area (Å²) in [6, 6.07) is 12.9. The van der Waals surface area contributed by atoms with Crippen LogP contribution in [0.5, 0.6) is 5.75 Å². The Hall–Kier alpha value is -3.16. The van der Waals surface area contributed by atoms with Crippen LogP contribution in [0.15, 0.2) is 48.5 Å². The van der Waals surface area contributed by atoms with Gasteiger partial charge in [-0.3, -0.25) is 4.79 Å². The number of carbonyl (C=O) groups is 2. The molecule has 3 amide bonds. The zero-order valence-corrected chi connectivity index (χ0v) is 14.8. The van der Waals surface area contributed by atoms with Crippen molar-refractivity contribution in [2.24, 2.45) is 0 Å². The minimum absolute atomic E-state index is 0.0990. The molecule has 0 unspecified atom stereocenters. The van der Waals surface area contributed by atoms with Crippen LogP contribution in [0.2, 0.25) is 0 Å². The van der Waals surface area contributed by atoms with Crippen molar-refractivity contribution >= 4 is 11.9 Å². The van der Waals surface area contributed by atoms with Gasteiger partial charge in [0.15, 0.2) is 0 Å². The van der Waals surface area contributed by atoms with Gasteiger partial charge in [0.2, 0.25) is 0 Å². The monoisotopic (exact) mass is 377 g/mol. The van der Waals surface area contributed by atoms with Gasteiger partial charge in [0.25, 0.3) is 5.91 Å². The van der Waals surface area contributed by atoms with Crippen molar-refractivity contribution in [3.8, 4) is 5.75 Å². The summed E-state index contributed by atoms with van der Waals surface area (Å²) < 4.78 is 28.4. The smallest absolute Gasteiger partial charge is 0.387 e. The molecular formula is C19H21F2N3O3. The summed E-state index contributed by atoms with van der Waals surface area (Å²) in [6.07, 6.45) is 0.559. The zero-order chi connectivity index (χ0) is 19.6. The summed E-state index contributed by atoms with van der Waals surface area (Å²) in [5.74, 6) is -0.0667. The van der Waals surface area contributed by atoms with Gasteiger partial charge in [-0.1, -0.05) is 24.3 Å². The molecule has 2 aromatic carbocycles. The molecule has 27 heavy (non-hydrogen) atoms. The van der Waals surface area contributed by atoms with E-state index in [0.717, 1.165) is 11.1 Å². The number of hydrogen-bond donors (Lipinski definition) is 3. The lowest BCUT2D eigenvalue weighted by atomic mass is 10.1. The first-order valence-electron chi connectivity index (χ1n) is 8.34. The highest BCUT2D eigenvalue weighted by atomic mass is 19.3. The number of nitrogens with one attached hydrogen (secondary N) is 3. The molecule has 0 aliphatic rings. The molecular weight excluding hydrogens is 356 g/mol. The van der Waals surface area contributed by atoms with Crippen LogP contribution < -0.4 is 20.7 Å². The number of urea groups is 1. The van der Waals surface area contributed by atoms with Crippen molar-refractivity contribution in [3.63, 3.8) is 0 Å². The summed E-state index contributed by atoms with van der Waals surface area (Å²) in [5, 5.41) is 7.99. The standard InChI is InChI=1S/C19H21F2N3O3/c1-22-17(25)15-6-2-14(3-7-15)12-24-19(26)23-11-10-13-4-8-16(9-5-13)27-18(20)21/h2-9,18H,10-12H2,1H3,(H,22,25)(H2,23,24,26). The van der Waals surface area contributed by atoms with Crippen molar-refractivity contribution in [1.29, 1.82) is 0 Å². The highest BCUT2D eigenvalue weighted by Gasteiger charge is 2.05. The fraction of sp³-hybridized carbons (Fsp3) is 0.263. The lowest BCUT2D eigenvalue weighted by Gasteiger charge is -2.09. The number of carbonyl (C=O) groups excluding carboxylic acids is 2. The molecule has 0 atom stereocenters. The molecule has 0 aliphatic heterocycles. The maximum absolute atomic E-state index is 12.1. The van der Waals surface area contributed by atoms with Crippen molar-refractivity contribution in [2.45, 2.75) is 19.6 Å². The molecule has 0 aromatic heterocycles. The molecule has 0 saturated carbocycles. The van der Waals surface area contributed by atoms with Gasteiger partial charge in [0, 0.05) is 25.7 Å². The Morgan fingerprint density at radius 3 is 2.19 bits per heavy atom. The van der Waals surface area contributed by atoms with E-state index >= 15 is 0 Å². The first kappa shape index (κ1) is 20.2. The molecule has 0 fully saturated rings. The minimum atomic E-state index is -2.85. The van der Waals surface area contributed by atoms with E-state index in [2.05, 4.69) is 20.7 Å². The van der Waals surface area contributed by atoms with Gasteiger partial charge in [0.1, 0.15) is 5.75 Å². The number of amides is 3. The van der Waals surface area contributed by atoms with E-state index in [9.17, 15) is 18.4 Å². The minimum Gasteiger partial charge on any atom is -0.435 e. The number of ether oxygens (including phenoxy) is 1. The van der Waals surface area contributed by atoms with Gasteiger partial charge < -0.3 is 20.7 Å². The average molecular weight is 377 g/mol. The maximum Gasteiger partial charge on any atom is 0.387 e. The number of benzene rings is 2. The summed E-state index contributed by atoms with van der Waals surface area (Å²) >= 11 is 0. The van der Waals surface area contributed by atoms with Crippen LogP contribution in [-0.2, 0) is 13.0 Å². The largest absolute Gasteiger partial charge is 0.435 e. The van der Waals surface area contributed by atoms with E-state index in [1.165, 1.54) is 12.1 Å². The van der Waals surface area contributed by atoms with Crippen LogP contribution >= 0.6 is 0 Å². The molecule has 144 valence electrons. The number of halogens is 2. The van der Waals surface area contributed by atoms with E-state index in [4.69, 9.17) is 0 Å². The topological polar surface area (TPSA) is 79.5 Å². The highest BCUT2D eigenvalue weighted by Crippen LogP contribution is 2.15. The van der Waals surface area contributed by atoms with Crippen LogP contribution in [0.3, 0.4) is 0 Å². The Balaban J connectivity index is 1.69. The van der Waals surface area contributed by atoms with E-state index < -0.39 is 6.61 Å². The van der Waals surface area contributed by atoms with Gasteiger partial charge in [-0.2, -0.15) is 8.78 Å². The normalized spacial score (nSPS) is 10.4. The third-order valence-electron chi connectivity index (χ3n) is 3.74. The second-order valence-electron chi connectivity index (χ2n) is 5.66. The predicted octanol–water partition coefficient (Wildman–Crippen LogP) is 2.69. The molecule has 2 rings (SSSR count). The Morgan fingerprint density at radius 1 is 0.963 bits per heavy atom. The fourth-order valence-electron chi connectivity index (χ4n) is 2.32. The molecule has 0 heterocycles. The van der Waals surface area contributed by atoms with Gasteiger partial charge in [-0.15, -0.1) is 0 Å². The molecule has 6 nitrogen and oxygen atoms in total. The SMILES string of the molecule is CNC(=O)c1ccc(CNC(=O)NCCc2ccc(OC(F)F)cc2)cc1. The van der Waals surface area contributed by atoms with Crippen LogP contribution in [0.25, 0.3) is 0 Å². The third-order valence-corrected chi connectivity index (χ3v) is 3.74. The van der Waals surface area contributed by atoms with Crippen LogP contribution in [0, 0.1) is 0 Å². The molecule has 3 N–H and O–H groups in total. The Bertz CT molecular complexity index is 750. The van der Waals surface area contributed by atoms with Crippen molar-refractivity contribution in [1.82, 2.24) is 16.0 Å². The average Bonchev–Trinajstić information content (AvgIpc) is 2.67. The fourth-order valence-corrected chi connectivity index (χ4v) is 2.32. The van der Waals surface area contributed by atoms with E-state index in [1.54, 1.807) is 43.4 Å². The lowest BCUT2D eigenvalue weighted by molar-refractivity contribution is -0.0498. The van der Waals surface area contributed by atoms with Gasteiger partial charge >= 0.3 is 12.6 Å². The number of alkyl halides is 2. The first-order chi connectivity index (χ1) is 13.0. The molecule has 0 aliphatic carbocycles. The molecule has 8 heteroatoms. The van der Waals surface area contributed by atoms with Gasteiger partial charge in [-0.25, -0.2) is 4.79 Å². The summed E-state index contributed by atoms with van der Waals surface area (Å²) in [4.78, 5) is 23.3. The quantitative estimate of drug-likeness (QED) is 0.662. The second kappa shape index (κ2) is 10.1. The van der Waals surface area contributed by atoms with Gasteiger partial charge in [-0.05, 0) is 41.8 Å². The third kappa shape index (κ3) is 6.93. The Labute approximate surface area is 155 Å². The van der Waals surface area contributed by atoms with Crippen LogP contribution in [-0.4, -0.2) is 32.1 Å². The van der Waals surface area contributed by atoms with Crippen molar-refractivity contribution in [2.75, 3.05) is 13.6 Å². The highest BCUT2D eigenvalue weighted by molar-refractivity contribution is 5.93. The van der Waals surface area contributed by atoms with E-state index in [0.29, 0.717) is 25.1 Å². The van der Waals surface area contributed by atoms with E-state index in [1.807, 2.05) is 0 Å². The molecule has 0 saturated heterocycles. The van der Waals surface area contributed by atoms with Crippen molar-refractivity contribution < 1.29 is 23.1 Å². The predicted molar refractivity (Wildman–Crippen MR) is 96.8 cm³/mol. The van der Waals surface area contributed by atoms with Gasteiger partial charge in [0.05, 0.1) is 0 Å². The summed E-state index contributed by atoms with van der Waals surface area (Å²) in [7, 11) is 1.56. The Morgan fingerprint density at radius 2 is 1.59 bits per heavy atom. The van der Waals surface area contributed by atoms with Crippen LogP contribution in [0.1, 0.15) is 21.5 Å². The van der Waals surface area contributed by atoms with Crippen molar-refractivity contribution in [3.05, 3.63) is 65.2 Å². The molecule has 0 radical (unpaired) electrons. The molecule has 0 spiro atoms. The number of rotatable bonds is 8. The second-order valence-corrected chi connectivity index (χ2v) is 5.66. The maximum atomic E-state index is 12.1. The van der Waals surface area contributed by atoms with Crippen LogP contribution in [0.4, 0.5) is 13.6 Å². The lowest BCUT2D eigenvalue weighted by Crippen LogP contribution is -2.36. The molecule has 0 bridgehead atoms. The van der Waals surface area contributed by atoms with E-state index in [-0.39, 0.29) is 17.7 Å². The summed E-state index contributed by atoms with van der Waals surface area (Å²) in [5.41, 5.74) is 2.31. The Kier molecular flexibility index (Phi) is 7.54. The first-order valence-corrected chi connectivity index (χ1v) is 8.34. The zero-order valence-electron chi connectivity index (χ0n) is 14.8. The number of hydrogen-bond acceptors (Lipinski definition) is 3. The summed E-state index contributed by atoms with van der Waals surface area (Å²) in [6.45, 7) is -2.11. The molecule has 2 aromatic rings.